The van der Waals surface area contributed by atoms with Gasteiger partial charge in [-0.1, -0.05) is 29.3 Å². The van der Waals surface area contributed by atoms with E-state index in [0.29, 0.717) is 41.9 Å². The third kappa shape index (κ3) is 5.34. The third-order valence-electron chi connectivity index (χ3n) is 6.62. The Hall–Kier alpha value is -2.27. The number of pyridine rings is 1. The number of halogens is 3. The molecule has 2 fully saturated rings. The van der Waals surface area contributed by atoms with Gasteiger partial charge in [-0.3, -0.25) is 9.38 Å². The third-order valence-corrected chi connectivity index (χ3v) is 9.39. The molecule has 2 N–H and O–H groups in total. The summed E-state index contributed by atoms with van der Waals surface area (Å²) >= 11 is 13.9. The van der Waals surface area contributed by atoms with Crippen molar-refractivity contribution in [2.75, 3.05) is 29.3 Å². The molecule has 1 saturated heterocycles. The van der Waals surface area contributed by atoms with E-state index in [-0.39, 0.29) is 15.8 Å². The zero-order chi connectivity index (χ0) is 26.3. The molecule has 0 amide bonds. The van der Waals surface area contributed by atoms with Crippen molar-refractivity contribution in [2.45, 2.75) is 42.4 Å². The number of rotatable bonds is 7. The second-order valence-electron chi connectivity index (χ2n) is 9.50. The van der Waals surface area contributed by atoms with Gasteiger partial charge in [-0.2, -0.15) is 0 Å². The molecule has 1 aromatic carbocycles. The van der Waals surface area contributed by atoms with Crippen LogP contribution in [0.25, 0.3) is 0 Å². The molecule has 1 aliphatic heterocycles. The molecule has 2 aliphatic rings. The number of nitrogens with zero attached hydrogens (tertiary/aromatic N) is 4. The molecular formula is C25H27Cl2FN6OS2. The van der Waals surface area contributed by atoms with Gasteiger partial charge in [-0.15, -0.1) is 0 Å². The smallest absolute Gasteiger partial charge is 0.167 e. The Morgan fingerprint density at radius 3 is 2.76 bits per heavy atom. The Kier molecular flexibility index (Phi) is 7.46. The Morgan fingerprint density at radius 1 is 1.27 bits per heavy atom. The molecular weight excluding hydrogens is 554 g/mol. The summed E-state index contributed by atoms with van der Waals surface area (Å²) in [6, 6.07) is 8.71. The van der Waals surface area contributed by atoms with E-state index in [1.807, 2.05) is 43.1 Å². The average Bonchev–Trinajstić information content (AvgIpc) is 3.44. The van der Waals surface area contributed by atoms with Crippen LogP contribution in [0, 0.1) is 11.2 Å². The second kappa shape index (κ2) is 10.5. The molecule has 37 heavy (non-hydrogen) atoms. The summed E-state index contributed by atoms with van der Waals surface area (Å²) in [5, 5.41) is 9.92. The standard InChI is InChI=1S/C25H27Cl2FN6OS2/c1-16(2)37(35)33-9-6-18(14-33)36-31-21-5-3-4-19(27)22(21)23(29)34-11-10-32(15-25(34)7-8-25)24-20(28)12-17(26)13-30-24/h3-6,9,12-14,16,29,31H,7-8,10-11,15H2,1-2H3. The van der Waals surface area contributed by atoms with Gasteiger partial charge in [-0.05, 0) is 62.9 Å². The van der Waals surface area contributed by atoms with E-state index in [1.165, 1.54) is 24.2 Å². The Bertz CT molecular complexity index is 1360. The molecule has 196 valence electrons. The van der Waals surface area contributed by atoms with Crippen LogP contribution in [0.1, 0.15) is 32.3 Å². The van der Waals surface area contributed by atoms with Crippen LogP contribution in [0.2, 0.25) is 10.0 Å². The van der Waals surface area contributed by atoms with Crippen LogP contribution in [0.15, 0.2) is 53.8 Å². The maximum Gasteiger partial charge on any atom is 0.167 e. The number of hydrogen-bond acceptors (Lipinski definition) is 6. The van der Waals surface area contributed by atoms with Gasteiger partial charge in [0.15, 0.2) is 11.6 Å². The quantitative estimate of drug-likeness (QED) is 0.201. The summed E-state index contributed by atoms with van der Waals surface area (Å²) in [4.78, 5) is 9.15. The maximum atomic E-state index is 14.6. The predicted octanol–water partition coefficient (Wildman–Crippen LogP) is 6.05. The molecule has 7 nitrogen and oxygen atoms in total. The molecule has 3 aromatic rings. The average molecular weight is 582 g/mol. The van der Waals surface area contributed by atoms with E-state index >= 15 is 0 Å². The van der Waals surface area contributed by atoms with Crippen LogP contribution in [0.5, 0.6) is 0 Å². The minimum Gasteiger partial charge on any atom is -0.350 e. The summed E-state index contributed by atoms with van der Waals surface area (Å²) in [7, 11) is -1.13. The van der Waals surface area contributed by atoms with Crippen LogP contribution in [0.3, 0.4) is 0 Å². The normalized spacial score (nSPS) is 17.4. The lowest BCUT2D eigenvalue weighted by atomic mass is 10.1. The summed E-state index contributed by atoms with van der Waals surface area (Å²) in [5.74, 6) is 0.199. The van der Waals surface area contributed by atoms with Crippen molar-refractivity contribution in [3.05, 3.63) is 70.3 Å². The van der Waals surface area contributed by atoms with Crippen LogP contribution in [-0.2, 0) is 11.0 Å². The van der Waals surface area contributed by atoms with Gasteiger partial charge in [0.05, 0.1) is 26.8 Å². The van der Waals surface area contributed by atoms with Crippen molar-refractivity contribution in [2.24, 2.45) is 0 Å². The fourth-order valence-corrected chi connectivity index (χ4v) is 6.65. The van der Waals surface area contributed by atoms with Gasteiger partial charge >= 0.3 is 0 Å². The predicted molar refractivity (Wildman–Crippen MR) is 151 cm³/mol. The fourth-order valence-electron chi connectivity index (χ4n) is 4.59. The monoisotopic (exact) mass is 580 g/mol. The number of hydrogen-bond donors (Lipinski definition) is 2. The molecule has 1 spiro atoms. The minimum atomic E-state index is -1.13. The lowest BCUT2D eigenvalue weighted by molar-refractivity contribution is 0.257. The second-order valence-corrected chi connectivity index (χ2v) is 13.1. The first-order valence-corrected chi connectivity index (χ1v) is 14.7. The van der Waals surface area contributed by atoms with Crippen molar-refractivity contribution < 1.29 is 8.60 Å². The van der Waals surface area contributed by atoms with Crippen LogP contribution >= 0.6 is 35.1 Å². The molecule has 1 saturated carbocycles. The number of amidine groups is 1. The van der Waals surface area contributed by atoms with E-state index in [2.05, 4.69) is 14.6 Å². The van der Waals surface area contributed by atoms with E-state index in [0.717, 1.165) is 23.4 Å². The minimum absolute atomic E-state index is 0.0143. The number of piperazine rings is 1. The van der Waals surface area contributed by atoms with Gasteiger partial charge in [-0.25, -0.2) is 13.6 Å². The Balaban J connectivity index is 1.33. The zero-order valence-electron chi connectivity index (χ0n) is 20.4. The van der Waals surface area contributed by atoms with Gasteiger partial charge < -0.3 is 14.5 Å². The van der Waals surface area contributed by atoms with Crippen LogP contribution < -0.4 is 9.62 Å². The van der Waals surface area contributed by atoms with E-state index in [9.17, 15) is 8.60 Å². The van der Waals surface area contributed by atoms with E-state index in [1.54, 1.807) is 16.2 Å². The number of anilines is 2. The highest BCUT2D eigenvalue weighted by atomic mass is 35.5. The molecule has 5 rings (SSSR count). The zero-order valence-corrected chi connectivity index (χ0v) is 23.5. The lowest BCUT2D eigenvalue weighted by Crippen LogP contribution is -2.57. The summed E-state index contributed by atoms with van der Waals surface area (Å²) in [6.07, 6.45) is 6.91. The number of aromatic nitrogens is 2. The molecule has 2 aromatic heterocycles. The summed E-state index contributed by atoms with van der Waals surface area (Å²) in [5.41, 5.74) is 1.09. The molecule has 1 aliphatic carbocycles. The van der Waals surface area contributed by atoms with E-state index < -0.39 is 16.8 Å². The first kappa shape index (κ1) is 26.3. The van der Waals surface area contributed by atoms with Crippen molar-refractivity contribution in [3.8, 4) is 0 Å². The highest BCUT2D eigenvalue weighted by molar-refractivity contribution is 8.00. The van der Waals surface area contributed by atoms with Gasteiger partial charge in [0.25, 0.3) is 0 Å². The molecule has 0 bridgehead atoms. The van der Waals surface area contributed by atoms with Crippen molar-refractivity contribution in [3.63, 3.8) is 0 Å². The molecule has 0 radical (unpaired) electrons. The molecule has 1 unspecified atom stereocenters. The van der Waals surface area contributed by atoms with E-state index in [4.69, 9.17) is 28.6 Å². The highest BCUT2D eigenvalue weighted by Crippen LogP contribution is 2.46. The van der Waals surface area contributed by atoms with Crippen molar-refractivity contribution in [1.29, 1.82) is 5.41 Å². The lowest BCUT2D eigenvalue weighted by Gasteiger charge is -2.44. The summed E-state index contributed by atoms with van der Waals surface area (Å²) in [6.45, 7) is 5.48. The van der Waals surface area contributed by atoms with Gasteiger partial charge in [0, 0.05) is 48.4 Å². The van der Waals surface area contributed by atoms with Crippen LogP contribution in [0.4, 0.5) is 15.9 Å². The van der Waals surface area contributed by atoms with Gasteiger partial charge in [0.1, 0.15) is 16.8 Å². The Morgan fingerprint density at radius 2 is 2.05 bits per heavy atom. The fraction of sp³-hybridized carbons (Fsp3) is 0.360. The molecule has 3 heterocycles. The van der Waals surface area contributed by atoms with Crippen LogP contribution in [-0.4, -0.2) is 54.3 Å². The van der Waals surface area contributed by atoms with Crippen molar-refractivity contribution >= 4 is 63.5 Å². The maximum absolute atomic E-state index is 14.6. The number of benzene rings is 1. The highest BCUT2D eigenvalue weighted by Gasteiger charge is 2.53. The van der Waals surface area contributed by atoms with Gasteiger partial charge in [0.2, 0.25) is 0 Å². The molecule has 1 atom stereocenters. The Labute approximate surface area is 232 Å². The topological polar surface area (TPSA) is 77.2 Å². The van der Waals surface area contributed by atoms with Crippen molar-refractivity contribution in [1.82, 2.24) is 13.9 Å². The largest absolute Gasteiger partial charge is 0.350 e. The summed E-state index contributed by atoms with van der Waals surface area (Å²) < 4.78 is 32.0. The number of nitrogens with one attached hydrogen (secondary N) is 2. The first-order chi connectivity index (χ1) is 17.7. The first-order valence-electron chi connectivity index (χ1n) is 11.9. The molecule has 12 heteroatoms. The SMILES string of the molecule is CC(C)S(=O)n1ccc(SNc2cccc(Cl)c2C(=N)N2CCN(c3ncc(Cl)cc3F)CC23CC3)c1.